The Labute approximate surface area is 122 Å². The monoisotopic (exact) mass is 285 g/mol. The molecule has 2 rings (SSSR count). The summed E-state index contributed by atoms with van der Waals surface area (Å²) in [6.07, 6.45) is 1.65. The van der Waals surface area contributed by atoms with Crippen LogP contribution in [0.4, 0.5) is 5.69 Å². The fourth-order valence-electron chi connectivity index (χ4n) is 2.05. The number of nitrogens with one attached hydrogen (secondary N) is 1. The van der Waals surface area contributed by atoms with Crippen LogP contribution in [-0.4, -0.2) is 15.8 Å². The molecule has 21 heavy (non-hydrogen) atoms. The minimum absolute atomic E-state index is 0.0619. The summed E-state index contributed by atoms with van der Waals surface area (Å²) >= 11 is 0. The van der Waals surface area contributed by atoms with Crippen LogP contribution in [0.3, 0.4) is 0 Å². The van der Waals surface area contributed by atoms with Crippen molar-refractivity contribution in [1.29, 1.82) is 0 Å². The van der Waals surface area contributed by atoms with Gasteiger partial charge in [-0.25, -0.2) is 0 Å². The van der Waals surface area contributed by atoms with Gasteiger partial charge in [0.05, 0.1) is 16.7 Å². The van der Waals surface area contributed by atoms with E-state index in [0.717, 1.165) is 5.69 Å². The first-order valence-electron chi connectivity index (χ1n) is 6.46. The van der Waals surface area contributed by atoms with Gasteiger partial charge >= 0.3 is 0 Å². The predicted molar refractivity (Wildman–Crippen MR) is 78.0 cm³/mol. The topological polar surface area (TPSA) is 85.1 Å². The second kappa shape index (κ2) is 6.13. The molecular weight excluding hydrogens is 270 g/mol. The van der Waals surface area contributed by atoms with Crippen LogP contribution in [0.1, 0.15) is 34.6 Å². The molecule has 0 spiro atoms. The molecule has 1 unspecified atom stereocenters. The second-order valence-corrected chi connectivity index (χ2v) is 4.66. The van der Waals surface area contributed by atoms with Crippen molar-refractivity contribution < 1.29 is 9.72 Å². The van der Waals surface area contributed by atoms with Crippen LogP contribution < -0.4 is 5.32 Å². The Kier molecular flexibility index (Phi) is 4.27. The molecular formula is C15H15N3O3. The number of amides is 1. The van der Waals surface area contributed by atoms with Crippen molar-refractivity contribution in [2.75, 3.05) is 0 Å². The Morgan fingerprint density at radius 1 is 1.29 bits per heavy atom. The van der Waals surface area contributed by atoms with Crippen molar-refractivity contribution in [2.45, 2.75) is 19.9 Å². The molecule has 0 fully saturated rings. The zero-order chi connectivity index (χ0) is 15.4. The molecule has 0 radical (unpaired) electrons. The average Bonchev–Trinajstić information content (AvgIpc) is 2.47. The molecule has 1 aromatic carbocycles. The van der Waals surface area contributed by atoms with E-state index in [-0.39, 0.29) is 17.6 Å². The molecule has 6 nitrogen and oxygen atoms in total. The lowest BCUT2D eigenvalue weighted by Crippen LogP contribution is -2.27. The number of benzene rings is 1. The second-order valence-electron chi connectivity index (χ2n) is 4.66. The van der Waals surface area contributed by atoms with E-state index in [2.05, 4.69) is 10.3 Å². The van der Waals surface area contributed by atoms with Gasteiger partial charge in [-0.05, 0) is 32.0 Å². The molecule has 0 saturated carbocycles. The number of nitrogens with zero attached hydrogens (tertiary/aromatic N) is 2. The van der Waals surface area contributed by atoms with E-state index in [1.54, 1.807) is 25.3 Å². The number of rotatable bonds is 4. The highest BCUT2D eigenvalue weighted by molar-refractivity contribution is 5.96. The van der Waals surface area contributed by atoms with Gasteiger partial charge in [0.25, 0.3) is 11.6 Å². The van der Waals surface area contributed by atoms with Crippen LogP contribution in [0, 0.1) is 17.0 Å². The summed E-state index contributed by atoms with van der Waals surface area (Å²) in [5.74, 6) is -0.352. The number of hydrogen-bond donors (Lipinski definition) is 1. The van der Waals surface area contributed by atoms with Gasteiger partial charge in [0.1, 0.15) is 0 Å². The summed E-state index contributed by atoms with van der Waals surface area (Å²) < 4.78 is 0. The van der Waals surface area contributed by atoms with Crippen molar-refractivity contribution in [2.24, 2.45) is 0 Å². The molecule has 1 atom stereocenters. The van der Waals surface area contributed by atoms with Crippen molar-refractivity contribution in [1.82, 2.24) is 10.3 Å². The largest absolute Gasteiger partial charge is 0.344 e. The Balaban J connectivity index is 2.22. The van der Waals surface area contributed by atoms with Gasteiger partial charge in [-0.3, -0.25) is 19.9 Å². The summed E-state index contributed by atoms with van der Waals surface area (Å²) in [7, 11) is 0. The molecule has 0 bridgehead atoms. The first-order chi connectivity index (χ1) is 10.0. The highest BCUT2D eigenvalue weighted by atomic mass is 16.6. The molecule has 108 valence electrons. The fourth-order valence-corrected chi connectivity index (χ4v) is 2.05. The molecule has 6 heteroatoms. The zero-order valence-electron chi connectivity index (χ0n) is 11.7. The molecule has 0 aliphatic carbocycles. The predicted octanol–water partition coefficient (Wildman–Crippen LogP) is 2.79. The van der Waals surface area contributed by atoms with Crippen LogP contribution in [0.5, 0.6) is 0 Å². The van der Waals surface area contributed by atoms with Crippen molar-refractivity contribution in [3.05, 3.63) is 69.5 Å². The van der Waals surface area contributed by atoms with Crippen molar-refractivity contribution in [3.8, 4) is 0 Å². The van der Waals surface area contributed by atoms with Gasteiger partial charge in [-0.2, -0.15) is 0 Å². The summed E-state index contributed by atoms with van der Waals surface area (Å²) in [5.41, 5.74) is 1.32. The maximum Gasteiger partial charge on any atom is 0.273 e. The molecule has 1 aromatic heterocycles. The Bertz CT molecular complexity index is 671. The number of nitro benzene ring substituents is 1. The number of nitro groups is 1. The fraction of sp³-hybridized carbons (Fsp3) is 0.200. The lowest BCUT2D eigenvalue weighted by Gasteiger charge is -2.14. The normalized spacial score (nSPS) is 11.7. The first kappa shape index (κ1) is 14.6. The van der Waals surface area contributed by atoms with Gasteiger partial charge in [-0.1, -0.05) is 12.1 Å². The lowest BCUT2D eigenvalue weighted by molar-refractivity contribution is -0.385. The first-order valence-corrected chi connectivity index (χ1v) is 6.46. The Hall–Kier alpha value is -2.76. The van der Waals surface area contributed by atoms with Crippen molar-refractivity contribution in [3.63, 3.8) is 0 Å². The van der Waals surface area contributed by atoms with Crippen LogP contribution in [0.15, 0.2) is 42.6 Å². The Morgan fingerprint density at radius 2 is 2.05 bits per heavy atom. The van der Waals surface area contributed by atoms with Gasteiger partial charge in [0, 0.05) is 23.4 Å². The number of carbonyl (C=O) groups is 1. The van der Waals surface area contributed by atoms with E-state index in [0.29, 0.717) is 11.1 Å². The van der Waals surface area contributed by atoms with E-state index in [9.17, 15) is 14.9 Å². The zero-order valence-corrected chi connectivity index (χ0v) is 11.7. The minimum atomic E-state index is -0.492. The van der Waals surface area contributed by atoms with Crippen LogP contribution >= 0.6 is 0 Å². The van der Waals surface area contributed by atoms with Gasteiger partial charge in [0.2, 0.25) is 0 Å². The van der Waals surface area contributed by atoms with Gasteiger partial charge in [0.15, 0.2) is 0 Å². The molecule has 1 amide bonds. The summed E-state index contributed by atoms with van der Waals surface area (Å²) in [6.45, 7) is 3.38. The molecule has 1 heterocycles. The molecule has 0 aliphatic rings. The van der Waals surface area contributed by atoms with Crippen molar-refractivity contribution >= 4 is 11.6 Å². The summed E-state index contributed by atoms with van der Waals surface area (Å²) in [5, 5.41) is 13.7. The third-order valence-electron chi connectivity index (χ3n) is 3.23. The van der Waals surface area contributed by atoms with E-state index < -0.39 is 4.92 Å². The number of hydrogen-bond acceptors (Lipinski definition) is 4. The van der Waals surface area contributed by atoms with Crippen LogP contribution in [0.2, 0.25) is 0 Å². The van der Waals surface area contributed by atoms with Crippen LogP contribution in [0.25, 0.3) is 0 Å². The quantitative estimate of drug-likeness (QED) is 0.691. The van der Waals surface area contributed by atoms with E-state index >= 15 is 0 Å². The van der Waals surface area contributed by atoms with E-state index in [4.69, 9.17) is 0 Å². The third kappa shape index (κ3) is 3.22. The van der Waals surface area contributed by atoms with E-state index in [1.165, 1.54) is 12.1 Å². The summed E-state index contributed by atoms with van der Waals surface area (Å²) in [6, 6.07) is 9.62. The average molecular weight is 285 g/mol. The highest BCUT2D eigenvalue weighted by Crippen LogP contribution is 2.21. The highest BCUT2D eigenvalue weighted by Gasteiger charge is 2.19. The third-order valence-corrected chi connectivity index (χ3v) is 3.23. The smallest absolute Gasteiger partial charge is 0.273 e. The maximum absolute atomic E-state index is 12.3. The molecule has 1 N–H and O–H groups in total. The van der Waals surface area contributed by atoms with Gasteiger partial charge < -0.3 is 5.32 Å². The van der Waals surface area contributed by atoms with Gasteiger partial charge in [-0.15, -0.1) is 0 Å². The lowest BCUT2D eigenvalue weighted by atomic mass is 10.1. The number of pyridine rings is 1. The SMILES string of the molecule is Cc1c(C(=O)NC(C)c2ccccn2)cccc1[N+](=O)[O-]. The standard InChI is InChI=1S/C15H15N3O3/c1-10-12(6-5-8-14(10)18(20)21)15(19)17-11(2)13-7-3-4-9-16-13/h3-9,11H,1-2H3,(H,17,19). The number of carbonyl (C=O) groups excluding carboxylic acids is 1. The molecule has 0 saturated heterocycles. The molecule has 2 aromatic rings. The maximum atomic E-state index is 12.3. The Morgan fingerprint density at radius 3 is 2.67 bits per heavy atom. The van der Waals surface area contributed by atoms with Crippen LogP contribution in [-0.2, 0) is 0 Å². The number of aromatic nitrogens is 1. The minimum Gasteiger partial charge on any atom is -0.344 e. The van der Waals surface area contributed by atoms with E-state index in [1.807, 2.05) is 19.1 Å². The molecule has 0 aliphatic heterocycles. The summed E-state index contributed by atoms with van der Waals surface area (Å²) in [4.78, 5) is 26.8.